The van der Waals surface area contributed by atoms with Crippen molar-refractivity contribution in [1.29, 1.82) is 0 Å². The molecule has 1 saturated carbocycles. The number of nitrogen functional groups attached to an aromatic ring is 1. The van der Waals surface area contributed by atoms with Crippen LogP contribution in [0.3, 0.4) is 0 Å². The first-order chi connectivity index (χ1) is 19.4. The van der Waals surface area contributed by atoms with Crippen LogP contribution in [-0.2, 0) is 39.2 Å². The van der Waals surface area contributed by atoms with Crippen LogP contribution in [0.2, 0.25) is 0 Å². The van der Waals surface area contributed by atoms with Crippen LogP contribution >= 0.6 is 14.5 Å². The van der Waals surface area contributed by atoms with E-state index in [1.54, 1.807) is 0 Å². The molecule has 9 atom stereocenters. The van der Waals surface area contributed by atoms with Crippen molar-refractivity contribution in [3.8, 4) is 0 Å². The molecule has 2 unspecified atom stereocenters. The Kier molecular flexibility index (Phi) is 7.47. The molecule has 5 heterocycles. The topological polar surface area (TPSA) is 245 Å². The number of rotatable bonds is 3. The second kappa shape index (κ2) is 10.7. The van der Waals surface area contributed by atoms with Gasteiger partial charge in [-0.15, -0.1) is 0 Å². The van der Waals surface area contributed by atoms with Gasteiger partial charge in [-0.2, -0.15) is 5.10 Å². The maximum absolute atomic E-state index is 15.7. The SMILES string of the molecule is NC(=O)c1cc([C@@H]2C[C@@H]3COP(=O)(O)O[C@@H]4[C@H](F)[C@@H](COP(O)(=S)OC[C@H]32)O[C@H]4n2cnc3c(N)ncnc32)[nH]n1. The van der Waals surface area contributed by atoms with Crippen molar-refractivity contribution >= 4 is 49.2 Å². The molecule has 41 heavy (non-hydrogen) atoms. The fourth-order valence-electron chi connectivity index (χ4n) is 5.24. The lowest BCUT2D eigenvalue weighted by Crippen LogP contribution is -2.41. The largest absolute Gasteiger partial charge is 0.472 e. The predicted molar refractivity (Wildman–Crippen MR) is 139 cm³/mol. The maximum atomic E-state index is 15.7. The molecular weight excluding hydrogens is 609 g/mol. The number of nitrogens with two attached hydrogens (primary N) is 2. The van der Waals surface area contributed by atoms with Crippen LogP contribution in [0.15, 0.2) is 18.7 Å². The van der Waals surface area contributed by atoms with Crippen LogP contribution in [0.5, 0.6) is 0 Å². The lowest BCUT2D eigenvalue weighted by molar-refractivity contribution is -0.0483. The average molecular weight is 634 g/mol. The number of nitrogens with one attached hydrogen (secondary N) is 1. The van der Waals surface area contributed by atoms with Crippen molar-refractivity contribution in [3.63, 3.8) is 0 Å². The maximum Gasteiger partial charge on any atom is 0.472 e. The Bertz CT molecular complexity index is 1580. The van der Waals surface area contributed by atoms with Gasteiger partial charge in [-0.3, -0.25) is 23.5 Å². The summed E-state index contributed by atoms with van der Waals surface area (Å²) in [5, 5.41) is 6.64. The molecule has 0 aromatic carbocycles. The minimum absolute atomic E-state index is 0.0380. The van der Waals surface area contributed by atoms with Gasteiger partial charge in [-0.25, -0.2) is 23.9 Å². The van der Waals surface area contributed by atoms with Crippen LogP contribution in [0.25, 0.3) is 11.2 Å². The number of imidazole rings is 1. The Labute approximate surface area is 235 Å². The molecule has 3 aromatic rings. The third-order valence-electron chi connectivity index (χ3n) is 7.39. The molecule has 2 saturated heterocycles. The number of phosphoric acid groups is 1. The van der Waals surface area contributed by atoms with E-state index in [9.17, 15) is 19.1 Å². The van der Waals surface area contributed by atoms with Crippen LogP contribution in [0.1, 0.15) is 34.7 Å². The summed E-state index contributed by atoms with van der Waals surface area (Å²) in [5.74, 6) is -1.68. The number of halogens is 1. The van der Waals surface area contributed by atoms with Gasteiger partial charge in [-0.05, 0) is 36.1 Å². The Hall–Kier alpha value is -2.44. The number of amides is 1. The summed E-state index contributed by atoms with van der Waals surface area (Å²) in [6, 6.07) is 1.50. The van der Waals surface area contributed by atoms with Gasteiger partial charge in [0.15, 0.2) is 23.9 Å². The molecule has 3 aromatic heterocycles. The van der Waals surface area contributed by atoms with E-state index >= 15 is 4.39 Å². The van der Waals surface area contributed by atoms with Crippen molar-refractivity contribution in [1.82, 2.24) is 29.7 Å². The number of H-pyrrole nitrogens is 1. The highest BCUT2D eigenvalue weighted by molar-refractivity contribution is 8.07. The van der Waals surface area contributed by atoms with E-state index in [-0.39, 0.29) is 47.7 Å². The molecule has 222 valence electrons. The van der Waals surface area contributed by atoms with E-state index in [1.807, 2.05) is 0 Å². The third kappa shape index (κ3) is 5.54. The summed E-state index contributed by atoms with van der Waals surface area (Å²) in [7, 11) is -4.85. The number of aromatic nitrogens is 6. The van der Waals surface area contributed by atoms with Crippen molar-refractivity contribution < 1.29 is 46.4 Å². The first kappa shape index (κ1) is 28.7. The number of fused-ring (bicyclic) bond motifs is 4. The number of ether oxygens (including phenoxy) is 1. The summed E-state index contributed by atoms with van der Waals surface area (Å²) in [5.41, 5.74) is 12.1. The van der Waals surface area contributed by atoms with Crippen molar-refractivity contribution in [3.05, 3.63) is 30.1 Å². The van der Waals surface area contributed by atoms with E-state index in [0.717, 1.165) is 0 Å². The summed E-state index contributed by atoms with van der Waals surface area (Å²) in [6.07, 6.45) is -3.62. The number of carbonyl (C=O) groups excluding carboxylic acids is 1. The number of carbonyl (C=O) groups is 1. The molecule has 3 aliphatic rings. The molecule has 3 fully saturated rings. The van der Waals surface area contributed by atoms with Crippen molar-refractivity contribution in [2.45, 2.75) is 36.9 Å². The lowest BCUT2D eigenvalue weighted by Gasteiger charge is -2.44. The minimum Gasteiger partial charge on any atom is -0.382 e. The molecule has 17 nitrogen and oxygen atoms in total. The normalized spacial score (nSPS) is 38.2. The number of nitrogens with zero attached hydrogens (tertiary/aromatic N) is 5. The van der Waals surface area contributed by atoms with Gasteiger partial charge in [0.2, 0.25) is 0 Å². The van der Waals surface area contributed by atoms with Gasteiger partial charge < -0.3 is 35.0 Å². The van der Waals surface area contributed by atoms with E-state index in [0.29, 0.717) is 12.1 Å². The number of hydrogen-bond donors (Lipinski definition) is 5. The van der Waals surface area contributed by atoms with E-state index < -0.39 is 57.6 Å². The minimum atomic E-state index is -4.85. The smallest absolute Gasteiger partial charge is 0.382 e. The highest BCUT2D eigenvalue weighted by Crippen LogP contribution is 2.56. The molecule has 0 radical (unpaired) electrons. The molecule has 2 aliphatic heterocycles. The standard InChI is InChI=1S/C20H25FN8O9P2S/c21-14-13-5-36-40(33,41)35-4-10-8(1-9(10)11-2-12(18(23)30)28-27-11)3-34-39(31,32)38-16(14)20(37-13)29-7-26-15-17(22)24-6-25-19(15)29/h2,6-10,13-14,16,20H,1,3-5H2,(H2,23,30)(H,27,28)(H,31,32)(H,33,41)(H2,22,24,25)/t8-,9-,10-,13-,14-,16-,20-,40?/m1/s1. The predicted octanol–water partition coefficient (Wildman–Crippen LogP) is 0.652. The van der Waals surface area contributed by atoms with E-state index in [2.05, 4.69) is 25.1 Å². The van der Waals surface area contributed by atoms with Crippen molar-refractivity contribution in [2.75, 3.05) is 25.6 Å². The third-order valence-corrected chi connectivity index (χ3v) is 9.96. The summed E-state index contributed by atoms with van der Waals surface area (Å²) in [6.45, 7) is -4.86. The Morgan fingerprint density at radius 2 is 1.98 bits per heavy atom. The van der Waals surface area contributed by atoms with Gasteiger partial charge >= 0.3 is 14.5 Å². The molecule has 21 heteroatoms. The Morgan fingerprint density at radius 1 is 1.20 bits per heavy atom. The van der Waals surface area contributed by atoms with Crippen molar-refractivity contribution in [2.24, 2.45) is 17.6 Å². The van der Waals surface area contributed by atoms with E-state index in [4.69, 9.17) is 46.1 Å². The molecule has 0 spiro atoms. The number of primary amides is 1. The van der Waals surface area contributed by atoms with Crippen LogP contribution in [0.4, 0.5) is 10.2 Å². The van der Waals surface area contributed by atoms with Crippen LogP contribution in [0, 0.1) is 11.8 Å². The fourth-order valence-corrected chi connectivity index (χ4v) is 7.35. The molecule has 6 rings (SSSR count). The highest BCUT2D eigenvalue weighted by atomic mass is 32.5. The van der Waals surface area contributed by atoms with E-state index in [1.165, 1.54) is 23.3 Å². The lowest BCUT2D eigenvalue weighted by atomic mass is 9.64. The summed E-state index contributed by atoms with van der Waals surface area (Å²) in [4.78, 5) is 44.8. The first-order valence-corrected chi connectivity index (χ1v) is 16.4. The Morgan fingerprint density at radius 3 is 2.73 bits per heavy atom. The fraction of sp³-hybridized carbons (Fsp3) is 0.550. The number of phosphoric ester groups is 1. The van der Waals surface area contributed by atoms with Gasteiger partial charge in [-0.1, -0.05) is 0 Å². The number of anilines is 1. The van der Waals surface area contributed by atoms with Crippen LogP contribution < -0.4 is 11.5 Å². The molecule has 7 N–H and O–H groups in total. The summed E-state index contributed by atoms with van der Waals surface area (Å²) < 4.78 is 57.4. The second-order valence-electron chi connectivity index (χ2n) is 9.83. The molecule has 1 aliphatic carbocycles. The average Bonchev–Trinajstić information content (AvgIpc) is 3.61. The zero-order valence-electron chi connectivity index (χ0n) is 20.9. The number of alkyl halides is 1. The molecular formula is C20H25FN8O9P2S. The Balaban J connectivity index is 1.27. The zero-order chi connectivity index (χ0) is 29.1. The van der Waals surface area contributed by atoms with Gasteiger partial charge in [0.05, 0.1) is 26.1 Å². The zero-order valence-corrected chi connectivity index (χ0v) is 23.5. The molecule has 1 amide bonds. The second-order valence-corrected chi connectivity index (χ2v) is 14.1. The number of aromatic amines is 1. The highest BCUT2D eigenvalue weighted by Gasteiger charge is 2.52. The quantitative estimate of drug-likeness (QED) is 0.248. The van der Waals surface area contributed by atoms with Gasteiger partial charge in [0.1, 0.15) is 29.7 Å². The summed E-state index contributed by atoms with van der Waals surface area (Å²) >= 11 is 5.14. The van der Waals surface area contributed by atoms with Gasteiger partial charge in [0.25, 0.3) is 5.91 Å². The monoisotopic (exact) mass is 634 g/mol. The number of hydrogen-bond acceptors (Lipinski definition) is 13. The first-order valence-electron chi connectivity index (χ1n) is 12.3. The van der Waals surface area contributed by atoms with Crippen LogP contribution in [-0.4, -0.2) is 83.6 Å². The van der Waals surface area contributed by atoms with Gasteiger partial charge in [0, 0.05) is 11.6 Å². The molecule has 2 bridgehead atoms.